The van der Waals surface area contributed by atoms with Crippen LogP contribution in [0.4, 0.5) is 17.1 Å². The van der Waals surface area contributed by atoms with Gasteiger partial charge in [-0.1, -0.05) is 30.3 Å². The van der Waals surface area contributed by atoms with Gasteiger partial charge in [0.1, 0.15) is 5.69 Å². The smallest absolute Gasteiger partial charge is 0.293 e. The number of benzene rings is 3. The number of carbonyl (C=O) groups excluding carboxylic acids is 1. The van der Waals surface area contributed by atoms with E-state index in [4.69, 9.17) is 17.0 Å². The molecule has 1 fully saturated rings. The fourth-order valence-corrected chi connectivity index (χ4v) is 3.70. The van der Waals surface area contributed by atoms with Gasteiger partial charge in [-0.05, 0) is 47.3 Å². The van der Waals surface area contributed by atoms with Gasteiger partial charge in [-0.25, -0.2) is 0 Å². The van der Waals surface area contributed by atoms with Crippen molar-refractivity contribution in [2.75, 3.05) is 36.5 Å². The van der Waals surface area contributed by atoms with E-state index in [1.165, 1.54) is 6.07 Å². The average molecular weight is 436 g/mol. The molecule has 0 saturated carbocycles. The maximum Gasteiger partial charge on any atom is 0.293 e. The predicted molar refractivity (Wildman–Crippen MR) is 124 cm³/mol. The van der Waals surface area contributed by atoms with E-state index in [-0.39, 0.29) is 16.4 Å². The standard InChI is InChI=1S/C22H20N4O4S/c27-21(24-22(31)23-18-7-5-15-3-1-2-4-16(15)13-18)17-6-8-19(20(14-17)26(28)29)25-9-11-30-12-10-25/h1-8,13-14H,9-12H2,(H2,23,24,27,31). The maximum absolute atomic E-state index is 12.6. The molecular formula is C22H20N4O4S. The first-order valence-corrected chi connectivity index (χ1v) is 10.1. The molecule has 0 radical (unpaired) electrons. The number of hydrogen-bond acceptors (Lipinski definition) is 6. The van der Waals surface area contributed by atoms with Crippen LogP contribution in [-0.2, 0) is 4.74 Å². The Kier molecular flexibility index (Phi) is 6.06. The van der Waals surface area contributed by atoms with Gasteiger partial charge in [0.05, 0.1) is 18.1 Å². The SMILES string of the molecule is O=C(NC(=S)Nc1ccc2ccccc2c1)c1ccc(N2CCOCC2)c([N+](=O)[O-])c1. The highest BCUT2D eigenvalue weighted by molar-refractivity contribution is 7.80. The summed E-state index contributed by atoms with van der Waals surface area (Å²) in [4.78, 5) is 25.6. The molecule has 3 aromatic rings. The molecule has 2 N–H and O–H groups in total. The Bertz CT molecular complexity index is 1160. The van der Waals surface area contributed by atoms with E-state index >= 15 is 0 Å². The number of morpholine rings is 1. The van der Waals surface area contributed by atoms with Crippen molar-refractivity contribution in [3.63, 3.8) is 0 Å². The third-order valence-corrected chi connectivity index (χ3v) is 5.22. The third-order valence-electron chi connectivity index (χ3n) is 5.02. The minimum absolute atomic E-state index is 0.111. The lowest BCUT2D eigenvalue weighted by atomic mass is 10.1. The molecule has 4 rings (SSSR count). The van der Waals surface area contributed by atoms with Gasteiger partial charge >= 0.3 is 0 Å². The molecule has 0 bridgehead atoms. The van der Waals surface area contributed by atoms with Crippen molar-refractivity contribution in [2.24, 2.45) is 0 Å². The quantitative estimate of drug-likeness (QED) is 0.366. The zero-order valence-electron chi connectivity index (χ0n) is 16.5. The zero-order chi connectivity index (χ0) is 21.8. The minimum Gasteiger partial charge on any atom is -0.378 e. The number of rotatable bonds is 4. The van der Waals surface area contributed by atoms with Gasteiger partial charge in [-0.15, -0.1) is 0 Å². The minimum atomic E-state index is -0.519. The van der Waals surface area contributed by atoms with Gasteiger partial charge in [0.2, 0.25) is 0 Å². The van der Waals surface area contributed by atoms with Crippen LogP contribution in [0.2, 0.25) is 0 Å². The van der Waals surface area contributed by atoms with E-state index < -0.39 is 10.8 Å². The first kappa shape index (κ1) is 20.7. The third kappa shape index (κ3) is 4.79. The molecule has 9 heteroatoms. The summed E-state index contributed by atoms with van der Waals surface area (Å²) >= 11 is 5.25. The lowest BCUT2D eigenvalue weighted by molar-refractivity contribution is -0.384. The molecule has 1 aliphatic heterocycles. The second-order valence-electron chi connectivity index (χ2n) is 7.03. The number of amides is 1. The largest absolute Gasteiger partial charge is 0.378 e. The number of anilines is 2. The van der Waals surface area contributed by atoms with Crippen molar-refractivity contribution in [3.05, 3.63) is 76.3 Å². The Morgan fingerprint density at radius 3 is 2.52 bits per heavy atom. The molecule has 158 valence electrons. The summed E-state index contributed by atoms with van der Waals surface area (Å²) in [6.07, 6.45) is 0. The van der Waals surface area contributed by atoms with Crippen molar-refractivity contribution < 1.29 is 14.5 Å². The van der Waals surface area contributed by atoms with Crippen molar-refractivity contribution in [3.8, 4) is 0 Å². The van der Waals surface area contributed by atoms with Crippen LogP contribution in [0.5, 0.6) is 0 Å². The first-order valence-electron chi connectivity index (χ1n) is 9.73. The number of nitrogens with one attached hydrogen (secondary N) is 2. The molecule has 8 nitrogen and oxygen atoms in total. The number of nitro groups is 1. The molecule has 0 atom stereocenters. The second kappa shape index (κ2) is 9.07. The number of fused-ring (bicyclic) bond motifs is 1. The Balaban J connectivity index is 1.47. The highest BCUT2D eigenvalue weighted by Gasteiger charge is 2.23. The maximum atomic E-state index is 12.6. The van der Waals surface area contributed by atoms with Crippen LogP contribution in [0.25, 0.3) is 10.8 Å². The van der Waals surface area contributed by atoms with Gasteiger partial charge in [0, 0.05) is 30.4 Å². The summed E-state index contributed by atoms with van der Waals surface area (Å²) in [5, 5.41) is 19.4. The van der Waals surface area contributed by atoms with Crippen LogP contribution in [0.3, 0.4) is 0 Å². The number of nitrogens with zero attached hydrogens (tertiary/aromatic N) is 2. The predicted octanol–water partition coefficient (Wildman–Crippen LogP) is 3.71. The molecule has 1 amide bonds. The van der Waals surface area contributed by atoms with Crippen LogP contribution in [-0.4, -0.2) is 42.2 Å². The molecule has 3 aromatic carbocycles. The summed E-state index contributed by atoms with van der Waals surface area (Å²) in [7, 11) is 0. The van der Waals surface area contributed by atoms with Gasteiger partial charge in [-0.3, -0.25) is 20.2 Å². The number of nitro benzene ring substituents is 1. The Labute approximate surface area is 184 Å². The number of hydrogen-bond donors (Lipinski definition) is 2. The van der Waals surface area contributed by atoms with Crippen LogP contribution in [0, 0.1) is 10.1 Å². The molecule has 0 aliphatic carbocycles. The fourth-order valence-electron chi connectivity index (χ4n) is 3.49. The average Bonchev–Trinajstić information content (AvgIpc) is 2.79. The molecule has 0 spiro atoms. The molecule has 0 aromatic heterocycles. The topological polar surface area (TPSA) is 96.7 Å². The Morgan fingerprint density at radius 2 is 1.77 bits per heavy atom. The second-order valence-corrected chi connectivity index (χ2v) is 7.44. The van der Waals surface area contributed by atoms with E-state index in [0.717, 1.165) is 16.5 Å². The first-order chi connectivity index (χ1) is 15.0. The van der Waals surface area contributed by atoms with E-state index in [2.05, 4.69) is 10.6 Å². The normalized spacial score (nSPS) is 13.6. The Morgan fingerprint density at radius 1 is 1.03 bits per heavy atom. The van der Waals surface area contributed by atoms with Gasteiger partial charge in [0.15, 0.2) is 5.11 Å². The molecule has 0 unspecified atom stereocenters. The molecule has 1 aliphatic rings. The zero-order valence-corrected chi connectivity index (χ0v) is 17.4. The lowest BCUT2D eigenvalue weighted by Crippen LogP contribution is -2.37. The van der Waals surface area contributed by atoms with Crippen molar-refractivity contribution in [1.82, 2.24) is 5.32 Å². The summed E-state index contributed by atoms with van der Waals surface area (Å²) in [6.45, 7) is 2.14. The van der Waals surface area contributed by atoms with Crippen molar-refractivity contribution >= 4 is 51.1 Å². The molecule has 31 heavy (non-hydrogen) atoms. The molecule has 1 heterocycles. The van der Waals surface area contributed by atoms with E-state index in [1.807, 2.05) is 47.4 Å². The van der Waals surface area contributed by atoms with Gasteiger partial charge in [-0.2, -0.15) is 0 Å². The summed E-state index contributed by atoms with van der Waals surface area (Å²) in [5.41, 5.74) is 1.24. The molecular weight excluding hydrogens is 416 g/mol. The fraction of sp³-hybridized carbons (Fsp3) is 0.182. The number of thiocarbonyl (C=S) groups is 1. The van der Waals surface area contributed by atoms with Crippen LogP contribution >= 0.6 is 12.2 Å². The van der Waals surface area contributed by atoms with Crippen LogP contribution in [0.15, 0.2) is 60.7 Å². The highest BCUT2D eigenvalue weighted by Crippen LogP contribution is 2.30. The molecule has 1 saturated heterocycles. The summed E-state index contributed by atoms with van der Waals surface area (Å²) < 4.78 is 5.30. The summed E-state index contributed by atoms with van der Waals surface area (Å²) in [6, 6.07) is 18.1. The van der Waals surface area contributed by atoms with Crippen LogP contribution in [0.1, 0.15) is 10.4 Å². The van der Waals surface area contributed by atoms with Crippen LogP contribution < -0.4 is 15.5 Å². The highest BCUT2D eigenvalue weighted by atomic mass is 32.1. The lowest BCUT2D eigenvalue weighted by Gasteiger charge is -2.28. The monoisotopic (exact) mass is 436 g/mol. The van der Waals surface area contributed by atoms with E-state index in [0.29, 0.717) is 32.0 Å². The van der Waals surface area contributed by atoms with Crippen molar-refractivity contribution in [1.29, 1.82) is 0 Å². The van der Waals surface area contributed by atoms with Gasteiger partial charge < -0.3 is 15.0 Å². The van der Waals surface area contributed by atoms with E-state index in [9.17, 15) is 14.9 Å². The summed E-state index contributed by atoms with van der Waals surface area (Å²) in [5.74, 6) is -0.519. The van der Waals surface area contributed by atoms with Gasteiger partial charge in [0.25, 0.3) is 11.6 Å². The van der Waals surface area contributed by atoms with Crippen molar-refractivity contribution in [2.45, 2.75) is 0 Å². The van der Waals surface area contributed by atoms with E-state index in [1.54, 1.807) is 12.1 Å². The number of ether oxygens (including phenoxy) is 1. The Hall–Kier alpha value is -3.56. The number of carbonyl (C=O) groups is 1.